The Morgan fingerprint density at radius 3 is 2.58 bits per heavy atom. The van der Waals surface area contributed by atoms with Gasteiger partial charge in [-0.2, -0.15) is 0 Å². The molecule has 3 rings (SSSR count). The van der Waals surface area contributed by atoms with E-state index in [0.29, 0.717) is 31.3 Å². The molecule has 1 fully saturated rings. The number of thiazole rings is 1. The Morgan fingerprint density at radius 2 is 1.96 bits per heavy atom. The average Bonchev–Trinajstić information content (AvgIpc) is 2.97. The summed E-state index contributed by atoms with van der Waals surface area (Å²) in [6.07, 6.45) is 1.76. The number of hydrogen-bond acceptors (Lipinski definition) is 6. The highest BCUT2D eigenvalue weighted by molar-refractivity contribution is 7.15. The molecule has 0 spiro atoms. The maximum absolute atomic E-state index is 12.2. The number of amides is 3. The number of aromatic nitrogens is 2. The smallest absolute Gasteiger partial charge is 0.317 e. The van der Waals surface area contributed by atoms with Crippen LogP contribution in [0.1, 0.15) is 10.6 Å². The van der Waals surface area contributed by atoms with Gasteiger partial charge in [0, 0.05) is 37.3 Å². The largest absolute Gasteiger partial charge is 0.353 e. The quantitative estimate of drug-likeness (QED) is 0.849. The first kappa shape index (κ1) is 18.1. The molecule has 2 N–H and O–H groups in total. The highest BCUT2D eigenvalue weighted by Gasteiger charge is 2.22. The summed E-state index contributed by atoms with van der Waals surface area (Å²) in [5.41, 5.74) is 0.903. The summed E-state index contributed by atoms with van der Waals surface area (Å²) < 4.78 is 0. The number of carbonyl (C=O) groups is 2. The molecule has 1 aliphatic rings. The zero-order valence-electron chi connectivity index (χ0n) is 14.9. The molecule has 3 heterocycles. The van der Waals surface area contributed by atoms with Crippen molar-refractivity contribution in [3.05, 3.63) is 35.0 Å². The van der Waals surface area contributed by atoms with Crippen molar-refractivity contribution in [1.82, 2.24) is 20.2 Å². The normalized spacial score (nSPS) is 14.2. The van der Waals surface area contributed by atoms with E-state index >= 15 is 0 Å². The number of carbonyl (C=O) groups excluding carboxylic acids is 2. The zero-order chi connectivity index (χ0) is 18.5. The molecule has 0 aliphatic carbocycles. The van der Waals surface area contributed by atoms with E-state index in [1.54, 1.807) is 11.1 Å². The molecule has 0 bridgehead atoms. The topological polar surface area (TPSA) is 90.5 Å². The van der Waals surface area contributed by atoms with Crippen LogP contribution in [-0.4, -0.2) is 59.5 Å². The third-order valence-corrected chi connectivity index (χ3v) is 5.20. The lowest BCUT2D eigenvalue weighted by Crippen LogP contribution is -2.52. The average molecular weight is 374 g/mol. The predicted octanol–water partition coefficient (Wildman–Crippen LogP) is 1.63. The number of nitrogens with zero attached hydrogens (tertiary/aromatic N) is 4. The summed E-state index contributed by atoms with van der Waals surface area (Å²) in [7, 11) is 0. The molecule has 0 unspecified atom stereocenters. The van der Waals surface area contributed by atoms with Crippen molar-refractivity contribution in [1.29, 1.82) is 0 Å². The molecule has 2 aromatic rings. The van der Waals surface area contributed by atoms with Crippen molar-refractivity contribution >= 4 is 34.2 Å². The monoisotopic (exact) mass is 374 g/mol. The molecule has 26 heavy (non-hydrogen) atoms. The molecular weight excluding hydrogens is 352 g/mol. The maximum atomic E-state index is 12.2. The second-order valence-electron chi connectivity index (χ2n) is 6.03. The van der Waals surface area contributed by atoms with Crippen molar-refractivity contribution in [2.45, 2.75) is 13.8 Å². The van der Waals surface area contributed by atoms with Crippen LogP contribution >= 0.6 is 11.3 Å². The van der Waals surface area contributed by atoms with Crippen molar-refractivity contribution in [3.63, 3.8) is 0 Å². The fraction of sp³-hybridized carbons (Fsp3) is 0.412. The van der Waals surface area contributed by atoms with Gasteiger partial charge in [-0.25, -0.2) is 14.8 Å². The van der Waals surface area contributed by atoms with Crippen LogP contribution in [0.2, 0.25) is 0 Å². The first-order valence-corrected chi connectivity index (χ1v) is 9.27. The van der Waals surface area contributed by atoms with Gasteiger partial charge >= 0.3 is 6.03 Å². The van der Waals surface area contributed by atoms with Crippen molar-refractivity contribution in [2.75, 3.05) is 42.9 Å². The highest BCUT2D eigenvalue weighted by Crippen LogP contribution is 2.20. The van der Waals surface area contributed by atoms with Gasteiger partial charge in [0.2, 0.25) is 5.91 Å². The Balaban J connectivity index is 1.42. The first-order valence-electron chi connectivity index (χ1n) is 8.45. The summed E-state index contributed by atoms with van der Waals surface area (Å²) in [4.78, 5) is 37.7. The minimum Gasteiger partial charge on any atom is -0.353 e. The van der Waals surface area contributed by atoms with Crippen LogP contribution in [0, 0.1) is 13.8 Å². The lowest BCUT2D eigenvalue weighted by Gasteiger charge is -2.35. The van der Waals surface area contributed by atoms with E-state index in [0.717, 1.165) is 16.4 Å². The Kier molecular flexibility index (Phi) is 5.67. The Bertz CT molecular complexity index is 751. The van der Waals surface area contributed by atoms with Crippen LogP contribution < -0.4 is 15.5 Å². The van der Waals surface area contributed by atoms with Crippen LogP contribution in [0.4, 0.5) is 15.7 Å². The molecule has 9 heteroatoms. The van der Waals surface area contributed by atoms with Crippen LogP contribution in [-0.2, 0) is 4.79 Å². The molecule has 8 nitrogen and oxygen atoms in total. The first-order chi connectivity index (χ1) is 12.5. The SMILES string of the molecule is Cc1nc(NC(=O)CNC(=O)N2CCN(c3ccccn3)CC2)sc1C. The third-order valence-electron chi connectivity index (χ3n) is 4.22. The molecule has 0 aromatic carbocycles. The second-order valence-corrected chi connectivity index (χ2v) is 7.23. The Labute approximate surface area is 156 Å². The van der Waals surface area contributed by atoms with Gasteiger partial charge in [-0.05, 0) is 26.0 Å². The molecule has 1 saturated heterocycles. The number of nitrogens with one attached hydrogen (secondary N) is 2. The fourth-order valence-electron chi connectivity index (χ4n) is 2.64. The van der Waals surface area contributed by atoms with Crippen LogP contribution in [0.5, 0.6) is 0 Å². The van der Waals surface area contributed by atoms with Gasteiger partial charge < -0.3 is 20.4 Å². The van der Waals surface area contributed by atoms with E-state index < -0.39 is 0 Å². The number of pyridine rings is 1. The predicted molar refractivity (Wildman–Crippen MR) is 102 cm³/mol. The van der Waals surface area contributed by atoms with Crippen molar-refractivity contribution in [2.24, 2.45) is 0 Å². The number of hydrogen-bond donors (Lipinski definition) is 2. The van der Waals surface area contributed by atoms with E-state index in [9.17, 15) is 9.59 Å². The van der Waals surface area contributed by atoms with E-state index in [-0.39, 0.29) is 18.5 Å². The van der Waals surface area contributed by atoms with Gasteiger partial charge in [0.25, 0.3) is 0 Å². The highest BCUT2D eigenvalue weighted by atomic mass is 32.1. The van der Waals surface area contributed by atoms with E-state index in [2.05, 4.69) is 25.5 Å². The van der Waals surface area contributed by atoms with E-state index in [4.69, 9.17) is 0 Å². The van der Waals surface area contributed by atoms with Gasteiger partial charge in [-0.1, -0.05) is 6.07 Å². The molecule has 138 valence electrons. The summed E-state index contributed by atoms with van der Waals surface area (Å²) in [6.45, 7) is 6.40. The molecule has 0 atom stereocenters. The summed E-state index contributed by atoms with van der Waals surface area (Å²) in [5, 5.41) is 5.93. The van der Waals surface area contributed by atoms with Gasteiger partial charge in [0.1, 0.15) is 5.82 Å². The van der Waals surface area contributed by atoms with Crippen LogP contribution in [0.3, 0.4) is 0 Å². The van der Waals surface area contributed by atoms with Crippen molar-refractivity contribution < 1.29 is 9.59 Å². The molecule has 2 aromatic heterocycles. The third kappa shape index (κ3) is 4.48. The molecular formula is C17H22N6O2S. The Morgan fingerprint density at radius 1 is 1.19 bits per heavy atom. The van der Waals surface area contributed by atoms with Crippen molar-refractivity contribution in [3.8, 4) is 0 Å². The fourth-order valence-corrected chi connectivity index (χ4v) is 3.47. The maximum Gasteiger partial charge on any atom is 0.317 e. The number of anilines is 2. The van der Waals surface area contributed by atoms with Crippen LogP contribution in [0.15, 0.2) is 24.4 Å². The lowest BCUT2D eigenvalue weighted by molar-refractivity contribution is -0.115. The Hall–Kier alpha value is -2.68. The number of aryl methyl sites for hydroxylation is 2. The molecule has 3 amide bonds. The summed E-state index contributed by atoms with van der Waals surface area (Å²) >= 11 is 1.43. The lowest BCUT2D eigenvalue weighted by atomic mass is 10.3. The van der Waals surface area contributed by atoms with Gasteiger partial charge in [-0.3, -0.25) is 4.79 Å². The number of rotatable bonds is 4. The van der Waals surface area contributed by atoms with Gasteiger partial charge in [-0.15, -0.1) is 11.3 Å². The molecule has 1 aliphatic heterocycles. The van der Waals surface area contributed by atoms with E-state index in [1.165, 1.54) is 11.3 Å². The number of urea groups is 1. The number of piperazine rings is 1. The van der Waals surface area contributed by atoms with E-state index in [1.807, 2.05) is 32.0 Å². The summed E-state index contributed by atoms with van der Waals surface area (Å²) in [5.74, 6) is 0.639. The minimum atomic E-state index is -0.278. The van der Waals surface area contributed by atoms with Crippen LogP contribution in [0.25, 0.3) is 0 Å². The second kappa shape index (κ2) is 8.13. The zero-order valence-corrected chi connectivity index (χ0v) is 15.7. The summed E-state index contributed by atoms with van der Waals surface area (Å²) in [6, 6.07) is 5.56. The standard InChI is InChI=1S/C17H22N6O2S/c1-12-13(2)26-16(20-12)21-15(24)11-19-17(25)23-9-7-22(8-10-23)14-5-3-4-6-18-14/h3-6H,7-11H2,1-2H3,(H,19,25)(H,20,21,24). The molecule has 0 radical (unpaired) electrons. The molecule has 0 saturated carbocycles. The van der Waals surface area contributed by atoms with Gasteiger partial charge in [0.05, 0.1) is 12.2 Å². The van der Waals surface area contributed by atoms with Gasteiger partial charge in [0.15, 0.2) is 5.13 Å². The minimum absolute atomic E-state index is 0.0725.